The molecule has 0 spiro atoms. The van der Waals surface area contributed by atoms with Crippen molar-refractivity contribution in [2.75, 3.05) is 26.7 Å². The van der Waals surface area contributed by atoms with Crippen molar-refractivity contribution in [3.8, 4) is 0 Å². The first-order valence-electron chi connectivity index (χ1n) is 6.20. The minimum Gasteiger partial charge on any atom is -0.465 e. The van der Waals surface area contributed by atoms with E-state index in [9.17, 15) is 0 Å². The van der Waals surface area contributed by atoms with Crippen LogP contribution in [0.3, 0.4) is 0 Å². The van der Waals surface area contributed by atoms with E-state index in [1.807, 2.05) is 20.0 Å². The van der Waals surface area contributed by atoms with Gasteiger partial charge in [0.1, 0.15) is 11.5 Å². The lowest BCUT2D eigenvalue weighted by Crippen LogP contribution is -2.36. The fourth-order valence-corrected chi connectivity index (χ4v) is 2.43. The number of piperidine rings is 1. The molecule has 0 amide bonds. The molecular formula is C13H22N2O. The molecule has 1 fully saturated rings. The lowest BCUT2D eigenvalue weighted by atomic mass is 9.97. The Morgan fingerprint density at radius 1 is 1.38 bits per heavy atom. The molecular weight excluding hydrogens is 200 g/mol. The summed E-state index contributed by atoms with van der Waals surface area (Å²) in [6, 6.07) is 4.14. The van der Waals surface area contributed by atoms with Gasteiger partial charge in [0.2, 0.25) is 0 Å². The Morgan fingerprint density at radius 3 is 2.69 bits per heavy atom. The van der Waals surface area contributed by atoms with Crippen molar-refractivity contribution in [2.45, 2.75) is 26.3 Å². The molecule has 0 aliphatic carbocycles. The summed E-state index contributed by atoms with van der Waals surface area (Å²) in [6.07, 6.45) is 2.61. The second-order valence-corrected chi connectivity index (χ2v) is 4.79. The second-order valence-electron chi connectivity index (χ2n) is 4.79. The molecule has 2 rings (SSSR count). The molecule has 2 heterocycles. The van der Waals surface area contributed by atoms with Gasteiger partial charge in [0, 0.05) is 0 Å². The quantitative estimate of drug-likeness (QED) is 0.845. The van der Waals surface area contributed by atoms with Gasteiger partial charge in [-0.25, -0.2) is 0 Å². The highest BCUT2D eigenvalue weighted by Gasteiger charge is 2.19. The van der Waals surface area contributed by atoms with Gasteiger partial charge >= 0.3 is 0 Å². The van der Waals surface area contributed by atoms with Crippen LogP contribution in [0.1, 0.15) is 24.4 Å². The number of rotatable bonds is 4. The maximum absolute atomic E-state index is 5.61. The molecule has 3 heteroatoms. The van der Waals surface area contributed by atoms with Crippen LogP contribution in [-0.2, 0) is 6.54 Å². The molecule has 1 aromatic heterocycles. The third-order valence-corrected chi connectivity index (χ3v) is 3.38. The molecule has 0 aromatic carbocycles. The van der Waals surface area contributed by atoms with Crippen LogP contribution in [0.2, 0.25) is 0 Å². The number of hydrogen-bond acceptors (Lipinski definition) is 3. The first-order valence-corrected chi connectivity index (χ1v) is 6.20. The van der Waals surface area contributed by atoms with Crippen molar-refractivity contribution < 1.29 is 4.42 Å². The van der Waals surface area contributed by atoms with E-state index in [-0.39, 0.29) is 0 Å². The summed E-state index contributed by atoms with van der Waals surface area (Å²) in [5, 5.41) is 3.27. The number of aryl methyl sites for hydroxylation is 1. The van der Waals surface area contributed by atoms with Gasteiger partial charge in [-0.2, -0.15) is 0 Å². The van der Waals surface area contributed by atoms with E-state index in [1.54, 1.807) is 0 Å². The molecule has 90 valence electrons. The zero-order valence-electron chi connectivity index (χ0n) is 10.3. The van der Waals surface area contributed by atoms with Gasteiger partial charge in [-0.15, -0.1) is 0 Å². The third kappa shape index (κ3) is 3.09. The zero-order chi connectivity index (χ0) is 11.4. The highest BCUT2D eigenvalue weighted by Crippen LogP contribution is 2.19. The summed E-state index contributed by atoms with van der Waals surface area (Å²) in [5.41, 5.74) is 0. The van der Waals surface area contributed by atoms with Crippen molar-refractivity contribution in [1.82, 2.24) is 10.2 Å². The lowest BCUT2D eigenvalue weighted by molar-refractivity contribution is 0.165. The van der Waals surface area contributed by atoms with Crippen molar-refractivity contribution >= 4 is 0 Å². The fraction of sp³-hybridized carbons (Fsp3) is 0.692. The Morgan fingerprint density at radius 2 is 2.12 bits per heavy atom. The lowest BCUT2D eigenvalue weighted by Gasteiger charge is -2.31. The molecule has 16 heavy (non-hydrogen) atoms. The highest BCUT2D eigenvalue weighted by atomic mass is 16.3. The summed E-state index contributed by atoms with van der Waals surface area (Å²) in [7, 11) is 2.04. The molecule has 0 bridgehead atoms. The van der Waals surface area contributed by atoms with Gasteiger partial charge in [0.05, 0.1) is 6.54 Å². The van der Waals surface area contributed by atoms with Crippen molar-refractivity contribution in [1.29, 1.82) is 0 Å². The Bertz CT molecular complexity index is 313. The maximum atomic E-state index is 5.61. The Hall–Kier alpha value is -0.800. The number of hydrogen-bond donors (Lipinski definition) is 1. The first-order chi connectivity index (χ1) is 7.78. The highest BCUT2D eigenvalue weighted by molar-refractivity contribution is 5.05. The van der Waals surface area contributed by atoms with Gasteiger partial charge in [-0.1, -0.05) is 0 Å². The van der Waals surface area contributed by atoms with Gasteiger partial charge < -0.3 is 9.73 Å². The summed E-state index contributed by atoms with van der Waals surface area (Å²) >= 11 is 0. The SMILES string of the molecule is CNCC1CCN(Cc2ccc(C)o2)CC1. The fourth-order valence-electron chi connectivity index (χ4n) is 2.43. The van der Waals surface area contributed by atoms with E-state index in [0.29, 0.717) is 0 Å². The van der Waals surface area contributed by atoms with Crippen LogP contribution < -0.4 is 5.32 Å². The van der Waals surface area contributed by atoms with Crippen LogP contribution in [0.15, 0.2) is 16.5 Å². The summed E-state index contributed by atoms with van der Waals surface area (Å²) in [4.78, 5) is 2.49. The van der Waals surface area contributed by atoms with Crippen LogP contribution in [0, 0.1) is 12.8 Å². The predicted octanol–water partition coefficient (Wildman–Crippen LogP) is 2.02. The summed E-state index contributed by atoms with van der Waals surface area (Å²) in [6.45, 7) is 6.54. The number of likely N-dealkylation sites (tertiary alicyclic amines) is 1. The molecule has 0 atom stereocenters. The average molecular weight is 222 g/mol. The van der Waals surface area contributed by atoms with E-state index in [4.69, 9.17) is 4.42 Å². The van der Waals surface area contributed by atoms with Gasteiger partial charge in [-0.05, 0) is 64.5 Å². The average Bonchev–Trinajstić information content (AvgIpc) is 2.67. The third-order valence-electron chi connectivity index (χ3n) is 3.38. The van der Waals surface area contributed by atoms with E-state index in [2.05, 4.69) is 16.3 Å². The van der Waals surface area contributed by atoms with E-state index in [0.717, 1.165) is 30.5 Å². The minimum absolute atomic E-state index is 0.861. The van der Waals surface area contributed by atoms with Gasteiger partial charge in [-0.3, -0.25) is 4.90 Å². The summed E-state index contributed by atoms with van der Waals surface area (Å²) < 4.78 is 5.61. The number of furan rings is 1. The molecule has 1 saturated heterocycles. The van der Waals surface area contributed by atoms with Crippen LogP contribution in [0.4, 0.5) is 0 Å². The monoisotopic (exact) mass is 222 g/mol. The zero-order valence-corrected chi connectivity index (χ0v) is 10.3. The molecule has 0 unspecified atom stereocenters. The van der Waals surface area contributed by atoms with Crippen LogP contribution in [0.5, 0.6) is 0 Å². The molecule has 0 radical (unpaired) electrons. The van der Waals surface area contributed by atoms with E-state index >= 15 is 0 Å². The predicted molar refractivity (Wildman–Crippen MR) is 65.4 cm³/mol. The molecule has 1 N–H and O–H groups in total. The Kier molecular flexibility index (Phi) is 4.02. The standard InChI is InChI=1S/C13H22N2O/c1-11-3-4-13(16-11)10-15-7-5-12(6-8-15)9-14-2/h3-4,12,14H,5-10H2,1-2H3. The van der Waals surface area contributed by atoms with Gasteiger partial charge in [0.15, 0.2) is 0 Å². The van der Waals surface area contributed by atoms with Crippen molar-refractivity contribution in [3.05, 3.63) is 23.7 Å². The topological polar surface area (TPSA) is 28.4 Å². The first kappa shape index (κ1) is 11.7. The molecule has 3 nitrogen and oxygen atoms in total. The van der Waals surface area contributed by atoms with Crippen molar-refractivity contribution in [3.63, 3.8) is 0 Å². The van der Waals surface area contributed by atoms with Gasteiger partial charge in [0.25, 0.3) is 0 Å². The normalized spacial score (nSPS) is 19.1. The van der Waals surface area contributed by atoms with Crippen LogP contribution in [0.25, 0.3) is 0 Å². The molecule has 1 aliphatic heterocycles. The smallest absolute Gasteiger partial charge is 0.118 e. The molecule has 1 aromatic rings. The number of nitrogens with zero attached hydrogens (tertiary/aromatic N) is 1. The van der Waals surface area contributed by atoms with Crippen LogP contribution >= 0.6 is 0 Å². The summed E-state index contributed by atoms with van der Waals surface area (Å²) in [5.74, 6) is 2.98. The van der Waals surface area contributed by atoms with Crippen molar-refractivity contribution in [2.24, 2.45) is 5.92 Å². The molecule has 1 aliphatic rings. The minimum atomic E-state index is 0.861. The van der Waals surface area contributed by atoms with E-state index < -0.39 is 0 Å². The Labute approximate surface area is 97.8 Å². The largest absolute Gasteiger partial charge is 0.465 e. The number of nitrogens with one attached hydrogen (secondary N) is 1. The van der Waals surface area contributed by atoms with Crippen LogP contribution in [-0.4, -0.2) is 31.6 Å². The maximum Gasteiger partial charge on any atom is 0.118 e. The molecule has 0 saturated carbocycles. The Balaban J connectivity index is 1.77. The second kappa shape index (κ2) is 5.51. The van der Waals surface area contributed by atoms with E-state index in [1.165, 1.54) is 25.9 Å².